The maximum absolute atomic E-state index is 5.04. The summed E-state index contributed by atoms with van der Waals surface area (Å²) in [6, 6.07) is 39.0. The Hall–Kier alpha value is -3.21. The van der Waals surface area contributed by atoms with Crippen LogP contribution in [0.2, 0.25) is 19.6 Å². The molecule has 4 aromatic carbocycles. The van der Waals surface area contributed by atoms with Crippen molar-refractivity contribution in [3.05, 3.63) is 125 Å². The van der Waals surface area contributed by atoms with Crippen LogP contribution in [0.15, 0.2) is 119 Å². The SMILES string of the molecule is CC(C)c1cccc(C(C)C)c1N=C(/N=C(\[N-][Si](C)(C)C)N(C)C)N(C)C.[Cu+].c1ccc([PH+](c2ccccc2)c2ccccc2)cc1. The van der Waals surface area contributed by atoms with Crippen LogP contribution in [0, 0.1) is 0 Å². The summed E-state index contributed by atoms with van der Waals surface area (Å²) in [6.07, 6.45) is 0. The summed E-state index contributed by atoms with van der Waals surface area (Å²) in [5, 5.41) is 4.31. The van der Waals surface area contributed by atoms with Crippen molar-refractivity contribution in [3.63, 3.8) is 0 Å². The summed E-state index contributed by atoms with van der Waals surface area (Å²) in [5.41, 5.74) is 3.55. The third kappa shape index (κ3) is 12.4. The molecule has 0 aliphatic carbocycles. The average molecular weight is 716 g/mol. The van der Waals surface area contributed by atoms with Crippen LogP contribution in [-0.4, -0.2) is 58.1 Å². The van der Waals surface area contributed by atoms with E-state index < -0.39 is 16.2 Å². The molecule has 0 spiro atoms. The smallest absolute Gasteiger partial charge is 0.432 e. The second-order valence-corrected chi connectivity index (χ2v) is 20.5. The zero-order valence-electron chi connectivity index (χ0n) is 30.1. The standard InChI is InChI=1S/C21H38N5Si.C18H15P.Cu/c1-15(2)17-13-12-14-18(16(3)4)19(17)22-20(25(5)6)23-21(26(7)8)24-27(9,10)11;1-4-10-16(11-5-1)19(17-12-6-2-7-13-17)18-14-8-3-9-15-18;/h12-16H,1-11H3;1-15H;/q-1;;+1/p+1. The maximum Gasteiger partial charge on any atom is 1.00 e. The Labute approximate surface area is 297 Å². The first kappa shape index (κ1) is 40.0. The van der Waals surface area contributed by atoms with Gasteiger partial charge in [-0.25, -0.2) is 4.99 Å². The summed E-state index contributed by atoms with van der Waals surface area (Å²) in [6.45, 7) is 15.5. The van der Waals surface area contributed by atoms with E-state index in [1.54, 1.807) is 0 Å². The molecule has 0 atom stereocenters. The zero-order valence-corrected chi connectivity index (χ0v) is 33.0. The first-order valence-corrected chi connectivity index (χ1v) is 21.1. The molecule has 0 aliphatic heterocycles. The van der Waals surface area contributed by atoms with Crippen molar-refractivity contribution < 1.29 is 17.1 Å². The second-order valence-electron chi connectivity index (χ2n) is 13.5. The maximum atomic E-state index is 5.04. The van der Waals surface area contributed by atoms with Crippen molar-refractivity contribution in [3.8, 4) is 0 Å². The van der Waals surface area contributed by atoms with Gasteiger partial charge in [0.25, 0.3) is 0 Å². The van der Waals surface area contributed by atoms with Crippen molar-refractivity contribution >= 4 is 49.7 Å². The van der Waals surface area contributed by atoms with Gasteiger partial charge in [0.2, 0.25) is 0 Å². The molecule has 0 heterocycles. The monoisotopic (exact) mass is 714 g/mol. The van der Waals surface area contributed by atoms with E-state index in [0.717, 1.165) is 11.6 Å². The van der Waals surface area contributed by atoms with Crippen LogP contribution in [0.1, 0.15) is 50.7 Å². The molecule has 0 N–H and O–H groups in total. The summed E-state index contributed by atoms with van der Waals surface area (Å²) in [7, 11) is 5.40. The van der Waals surface area contributed by atoms with E-state index in [4.69, 9.17) is 15.0 Å². The van der Waals surface area contributed by atoms with E-state index in [9.17, 15) is 0 Å². The molecule has 254 valence electrons. The number of hydrogen-bond donors (Lipinski definition) is 0. The first-order valence-electron chi connectivity index (χ1n) is 16.2. The quantitative estimate of drug-likeness (QED) is 0.0832. The molecular formula is C39H54CuN5PSi+. The Morgan fingerprint density at radius 3 is 1.28 bits per heavy atom. The van der Waals surface area contributed by atoms with Crippen LogP contribution >= 0.6 is 7.92 Å². The molecule has 0 unspecified atom stereocenters. The minimum atomic E-state index is -1.66. The van der Waals surface area contributed by atoms with Crippen molar-refractivity contribution in [2.75, 3.05) is 28.2 Å². The fourth-order valence-electron chi connectivity index (χ4n) is 4.89. The molecule has 8 heteroatoms. The van der Waals surface area contributed by atoms with Crippen LogP contribution in [0.4, 0.5) is 5.69 Å². The summed E-state index contributed by atoms with van der Waals surface area (Å²) in [4.78, 5) is 18.7. The summed E-state index contributed by atoms with van der Waals surface area (Å²) < 4.78 is 0. The van der Waals surface area contributed by atoms with Crippen molar-refractivity contribution in [1.82, 2.24) is 9.80 Å². The van der Waals surface area contributed by atoms with Gasteiger partial charge < -0.3 is 19.8 Å². The molecule has 0 amide bonds. The van der Waals surface area contributed by atoms with E-state index >= 15 is 0 Å². The third-order valence-electron chi connectivity index (χ3n) is 7.18. The van der Waals surface area contributed by atoms with Gasteiger partial charge in [-0.05, 0) is 73.5 Å². The Morgan fingerprint density at radius 2 is 0.979 bits per heavy atom. The Balaban J connectivity index is 0.000000336. The van der Waals surface area contributed by atoms with Crippen molar-refractivity contribution in [2.45, 2.75) is 59.2 Å². The van der Waals surface area contributed by atoms with E-state index in [2.05, 4.69) is 157 Å². The minimum Gasteiger partial charge on any atom is -0.432 e. The van der Waals surface area contributed by atoms with Crippen molar-refractivity contribution in [1.29, 1.82) is 0 Å². The number of benzene rings is 4. The predicted octanol–water partition coefficient (Wildman–Crippen LogP) is 8.78. The van der Waals surface area contributed by atoms with E-state index in [1.807, 2.05) is 38.0 Å². The number of rotatable bonds is 7. The number of para-hydroxylation sites is 1. The van der Waals surface area contributed by atoms with Gasteiger partial charge in [-0.15, -0.1) is 0 Å². The first-order chi connectivity index (χ1) is 21.8. The number of guanidine groups is 2. The molecule has 4 rings (SSSR count). The molecule has 0 bridgehead atoms. The van der Waals surface area contributed by atoms with Gasteiger partial charge in [-0.1, -0.05) is 120 Å². The van der Waals surface area contributed by atoms with E-state index in [-0.39, 0.29) is 17.1 Å². The van der Waals surface area contributed by atoms with E-state index in [1.165, 1.54) is 27.0 Å². The van der Waals surface area contributed by atoms with Crippen LogP contribution in [0.25, 0.3) is 4.98 Å². The Bertz CT molecular complexity index is 1430. The van der Waals surface area contributed by atoms with Gasteiger partial charge in [0, 0.05) is 20.1 Å². The summed E-state index contributed by atoms with van der Waals surface area (Å²) >= 11 is 0. The van der Waals surface area contributed by atoms with Gasteiger partial charge in [-0.3, -0.25) is 0 Å². The third-order valence-corrected chi connectivity index (χ3v) is 10.8. The van der Waals surface area contributed by atoms with Gasteiger partial charge >= 0.3 is 17.1 Å². The minimum absolute atomic E-state index is 0. The molecule has 47 heavy (non-hydrogen) atoms. The molecule has 0 saturated heterocycles. The Kier molecular flexibility index (Phi) is 16.1. The van der Waals surface area contributed by atoms with Gasteiger partial charge in [0.1, 0.15) is 15.9 Å². The second kappa shape index (κ2) is 19.0. The Morgan fingerprint density at radius 1 is 0.596 bits per heavy atom. The van der Waals surface area contributed by atoms with Crippen molar-refractivity contribution in [2.24, 2.45) is 9.98 Å². The largest absolute Gasteiger partial charge is 1.00 e. The fraction of sp³-hybridized carbons (Fsp3) is 0.333. The van der Waals surface area contributed by atoms with E-state index in [0.29, 0.717) is 17.8 Å². The molecule has 5 nitrogen and oxygen atoms in total. The van der Waals surface area contributed by atoms with Crippen LogP contribution in [0.3, 0.4) is 0 Å². The van der Waals surface area contributed by atoms with Gasteiger partial charge in [0.05, 0.1) is 21.8 Å². The molecule has 0 saturated carbocycles. The molecule has 0 radical (unpaired) electrons. The number of nitrogens with zero attached hydrogens (tertiary/aromatic N) is 5. The van der Waals surface area contributed by atoms with Gasteiger partial charge in [0.15, 0.2) is 5.96 Å². The zero-order chi connectivity index (χ0) is 33.9. The fourth-order valence-corrected chi connectivity index (χ4v) is 8.32. The summed E-state index contributed by atoms with van der Waals surface area (Å²) in [5.74, 6) is 2.20. The molecule has 4 aromatic rings. The van der Waals surface area contributed by atoms with Crippen LogP contribution < -0.4 is 15.9 Å². The normalized spacial score (nSPS) is 12.0. The molecular weight excluding hydrogens is 661 g/mol. The molecule has 0 aliphatic rings. The number of aliphatic imine (C=N–C) groups is 2. The van der Waals surface area contributed by atoms with Crippen LogP contribution in [-0.2, 0) is 17.1 Å². The van der Waals surface area contributed by atoms with Crippen LogP contribution in [0.5, 0.6) is 0 Å². The topological polar surface area (TPSA) is 45.3 Å². The molecule has 0 fully saturated rings. The average Bonchev–Trinajstić information content (AvgIpc) is 3.01. The predicted molar refractivity (Wildman–Crippen MR) is 210 cm³/mol. The van der Waals surface area contributed by atoms with Gasteiger partial charge in [-0.2, -0.15) is 0 Å². The number of hydrogen-bond acceptors (Lipinski definition) is 1. The molecule has 0 aromatic heterocycles.